The molecule has 0 saturated carbocycles. The van der Waals surface area contributed by atoms with Crippen molar-refractivity contribution in [3.63, 3.8) is 0 Å². The number of hydrogen-bond acceptors (Lipinski definition) is 3. The van der Waals surface area contributed by atoms with Crippen LogP contribution in [0.15, 0.2) is 36.7 Å². The standard InChI is InChI=1S/C21H21ClFN3O3/c1-11-9-26(20(27)28)10-12(2)21(11,29)15-4-3-13(7-16(15)22)14-5-6-24-19-18(14)17(23)8-25-19/h3-8,11-12,29H,9-10H2,1-2H3,(H,24,25)(H,27,28)/t11-,12+,21?. The lowest BCUT2D eigenvalue weighted by Crippen LogP contribution is -2.55. The Kier molecular flexibility index (Phi) is 4.75. The molecule has 3 aromatic rings. The van der Waals surface area contributed by atoms with Gasteiger partial charge in [-0.15, -0.1) is 0 Å². The second-order valence-corrected chi connectivity index (χ2v) is 8.14. The van der Waals surface area contributed by atoms with Crippen LogP contribution in [0.5, 0.6) is 0 Å². The molecule has 1 unspecified atom stereocenters. The fourth-order valence-electron chi connectivity index (χ4n) is 4.45. The Morgan fingerprint density at radius 1 is 1.31 bits per heavy atom. The summed E-state index contributed by atoms with van der Waals surface area (Å²) in [7, 11) is 0. The number of piperidine rings is 1. The molecule has 8 heteroatoms. The van der Waals surface area contributed by atoms with E-state index in [2.05, 4.69) is 9.97 Å². The number of amides is 1. The van der Waals surface area contributed by atoms with Gasteiger partial charge in [0.1, 0.15) is 5.65 Å². The molecule has 29 heavy (non-hydrogen) atoms. The molecule has 152 valence electrons. The lowest BCUT2D eigenvalue weighted by molar-refractivity contribution is -0.106. The number of carboxylic acid groups (broad SMARTS) is 1. The van der Waals surface area contributed by atoms with Crippen molar-refractivity contribution >= 4 is 28.7 Å². The number of aliphatic hydroxyl groups is 1. The zero-order valence-electron chi connectivity index (χ0n) is 16.0. The SMILES string of the molecule is C[C@@H]1CN(C(=O)O)C[C@H](C)C1(O)c1ccc(-c2ccnc3[nH]cc(F)c23)cc1Cl. The second-order valence-electron chi connectivity index (χ2n) is 7.73. The Morgan fingerprint density at radius 2 is 2.00 bits per heavy atom. The third-order valence-corrected chi connectivity index (χ3v) is 6.31. The lowest BCUT2D eigenvalue weighted by Gasteiger charge is -2.47. The minimum absolute atomic E-state index is 0.216. The van der Waals surface area contributed by atoms with E-state index < -0.39 is 17.5 Å². The van der Waals surface area contributed by atoms with Gasteiger partial charge in [0.05, 0.1) is 11.0 Å². The van der Waals surface area contributed by atoms with Crippen molar-refractivity contribution in [2.75, 3.05) is 13.1 Å². The number of pyridine rings is 1. The number of benzene rings is 1. The number of aromatic amines is 1. The maximum absolute atomic E-state index is 14.2. The number of hydrogen-bond donors (Lipinski definition) is 3. The first-order valence-corrected chi connectivity index (χ1v) is 9.73. The molecule has 4 rings (SSSR count). The fourth-order valence-corrected chi connectivity index (χ4v) is 4.78. The van der Waals surface area contributed by atoms with Gasteiger partial charge in [-0.3, -0.25) is 0 Å². The van der Waals surface area contributed by atoms with Crippen LogP contribution in [0.3, 0.4) is 0 Å². The maximum atomic E-state index is 14.2. The summed E-state index contributed by atoms with van der Waals surface area (Å²) >= 11 is 6.59. The van der Waals surface area contributed by atoms with Crippen LogP contribution in [0.1, 0.15) is 19.4 Å². The van der Waals surface area contributed by atoms with Crippen molar-refractivity contribution in [2.24, 2.45) is 11.8 Å². The number of carbonyl (C=O) groups is 1. The third kappa shape index (κ3) is 3.05. The van der Waals surface area contributed by atoms with Gasteiger partial charge in [0.15, 0.2) is 5.82 Å². The average Bonchev–Trinajstić information content (AvgIpc) is 3.06. The van der Waals surface area contributed by atoms with E-state index in [1.54, 1.807) is 30.5 Å². The summed E-state index contributed by atoms with van der Waals surface area (Å²) < 4.78 is 14.2. The predicted molar refractivity (Wildman–Crippen MR) is 108 cm³/mol. The van der Waals surface area contributed by atoms with Gasteiger partial charge in [-0.1, -0.05) is 37.6 Å². The van der Waals surface area contributed by atoms with Gasteiger partial charge in [-0.05, 0) is 23.3 Å². The molecule has 6 nitrogen and oxygen atoms in total. The molecule has 1 fully saturated rings. The van der Waals surface area contributed by atoms with E-state index in [1.807, 2.05) is 13.8 Å². The molecular formula is C21H21ClFN3O3. The molecule has 1 amide bonds. The lowest BCUT2D eigenvalue weighted by atomic mass is 9.70. The Hall–Kier alpha value is -2.64. The summed E-state index contributed by atoms with van der Waals surface area (Å²) in [4.78, 5) is 19.6. The average molecular weight is 418 g/mol. The molecule has 0 spiro atoms. The highest BCUT2D eigenvalue weighted by Crippen LogP contribution is 2.45. The van der Waals surface area contributed by atoms with Crippen LogP contribution in [-0.2, 0) is 5.60 Å². The number of likely N-dealkylation sites (tertiary alicyclic amines) is 1. The second kappa shape index (κ2) is 7.00. The van der Waals surface area contributed by atoms with Crippen molar-refractivity contribution < 1.29 is 19.4 Å². The summed E-state index contributed by atoms with van der Waals surface area (Å²) in [5.74, 6) is -1.09. The van der Waals surface area contributed by atoms with Crippen molar-refractivity contribution in [3.05, 3.63) is 53.1 Å². The van der Waals surface area contributed by atoms with Crippen LogP contribution in [-0.4, -0.2) is 44.3 Å². The normalized spacial score (nSPS) is 24.8. The number of fused-ring (bicyclic) bond motifs is 1. The van der Waals surface area contributed by atoms with Gasteiger partial charge >= 0.3 is 6.09 Å². The Bertz CT molecular complexity index is 1090. The fraction of sp³-hybridized carbons (Fsp3) is 0.333. The first kappa shape index (κ1) is 19.7. The third-order valence-electron chi connectivity index (χ3n) is 6.00. The highest BCUT2D eigenvalue weighted by atomic mass is 35.5. The van der Waals surface area contributed by atoms with E-state index in [9.17, 15) is 19.4 Å². The number of aromatic nitrogens is 2. The van der Waals surface area contributed by atoms with Crippen LogP contribution >= 0.6 is 11.6 Å². The van der Waals surface area contributed by atoms with Crippen molar-refractivity contribution in [3.8, 4) is 11.1 Å². The van der Waals surface area contributed by atoms with E-state index >= 15 is 0 Å². The van der Waals surface area contributed by atoms with Gasteiger partial charge in [0.2, 0.25) is 0 Å². The minimum atomic E-state index is -1.27. The summed E-state index contributed by atoms with van der Waals surface area (Å²) in [6.07, 6.45) is 1.86. The quantitative estimate of drug-likeness (QED) is 0.573. The molecule has 3 N–H and O–H groups in total. The van der Waals surface area contributed by atoms with Gasteiger partial charge in [-0.25, -0.2) is 14.2 Å². The zero-order chi connectivity index (χ0) is 20.9. The van der Waals surface area contributed by atoms with Crippen LogP contribution in [0.25, 0.3) is 22.2 Å². The zero-order valence-corrected chi connectivity index (χ0v) is 16.7. The Labute approximate surface area is 171 Å². The molecule has 0 aliphatic carbocycles. The van der Waals surface area contributed by atoms with Gasteiger partial charge in [0, 0.05) is 47.9 Å². The van der Waals surface area contributed by atoms with Crippen LogP contribution in [0.2, 0.25) is 5.02 Å². The smallest absolute Gasteiger partial charge is 0.407 e. The molecule has 3 heterocycles. The Morgan fingerprint density at radius 3 is 2.62 bits per heavy atom. The van der Waals surface area contributed by atoms with E-state index in [1.165, 1.54) is 11.1 Å². The molecule has 0 radical (unpaired) electrons. The maximum Gasteiger partial charge on any atom is 0.407 e. The minimum Gasteiger partial charge on any atom is -0.465 e. The van der Waals surface area contributed by atoms with Gasteiger partial charge < -0.3 is 20.1 Å². The predicted octanol–water partition coefficient (Wildman–Crippen LogP) is 4.48. The van der Waals surface area contributed by atoms with Crippen molar-refractivity contribution in [2.45, 2.75) is 19.4 Å². The largest absolute Gasteiger partial charge is 0.465 e. The molecule has 0 bridgehead atoms. The molecule has 1 aliphatic heterocycles. The van der Waals surface area contributed by atoms with E-state index in [0.717, 1.165) is 0 Å². The first-order valence-electron chi connectivity index (χ1n) is 9.35. The van der Waals surface area contributed by atoms with E-state index in [0.29, 0.717) is 32.7 Å². The van der Waals surface area contributed by atoms with Crippen molar-refractivity contribution in [1.82, 2.24) is 14.9 Å². The van der Waals surface area contributed by atoms with Gasteiger partial charge in [-0.2, -0.15) is 0 Å². The summed E-state index contributed by atoms with van der Waals surface area (Å²) in [5.41, 5.74) is 1.08. The molecule has 1 aliphatic rings. The number of rotatable bonds is 2. The topological polar surface area (TPSA) is 89.5 Å². The molecule has 2 aromatic heterocycles. The van der Waals surface area contributed by atoms with Crippen LogP contribution in [0, 0.1) is 17.7 Å². The molecular weight excluding hydrogens is 397 g/mol. The summed E-state index contributed by atoms with van der Waals surface area (Å²) in [6.45, 7) is 4.07. The Balaban J connectivity index is 1.76. The van der Waals surface area contributed by atoms with Crippen LogP contribution < -0.4 is 0 Å². The van der Waals surface area contributed by atoms with E-state index in [4.69, 9.17) is 11.6 Å². The summed E-state index contributed by atoms with van der Waals surface area (Å²) in [6, 6.07) is 6.97. The number of halogens is 2. The van der Waals surface area contributed by atoms with E-state index in [-0.39, 0.29) is 24.9 Å². The van der Waals surface area contributed by atoms with Crippen molar-refractivity contribution in [1.29, 1.82) is 0 Å². The number of nitrogens with zero attached hydrogens (tertiary/aromatic N) is 2. The molecule has 3 atom stereocenters. The summed E-state index contributed by atoms with van der Waals surface area (Å²) in [5, 5.41) is 21.6. The highest BCUT2D eigenvalue weighted by molar-refractivity contribution is 6.31. The number of H-pyrrole nitrogens is 1. The first-order chi connectivity index (χ1) is 13.7. The monoisotopic (exact) mass is 417 g/mol. The molecule has 1 aromatic carbocycles. The molecule has 1 saturated heterocycles. The van der Waals surface area contributed by atoms with Crippen LogP contribution in [0.4, 0.5) is 9.18 Å². The van der Waals surface area contributed by atoms with Gasteiger partial charge in [0.25, 0.3) is 0 Å². The highest BCUT2D eigenvalue weighted by Gasteiger charge is 2.47. The number of nitrogens with one attached hydrogen (secondary N) is 1.